The minimum absolute atomic E-state index is 0.136. The third-order valence-electron chi connectivity index (χ3n) is 1.81. The van der Waals surface area contributed by atoms with Gasteiger partial charge in [-0.1, -0.05) is 13.8 Å². The summed E-state index contributed by atoms with van der Waals surface area (Å²) in [5.41, 5.74) is 0. The van der Waals surface area contributed by atoms with Crippen molar-refractivity contribution >= 4 is 0 Å². The maximum absolute atomic E-state index is 8.56. The van der Waals surface area contributed by atoms with Gasteiger partial charge >= 0.3 is 0 Å². The maximum Gasteiger partial charge on any atom is 0.0834 e. The lowest BCUT2D eigenvalue weighted by Gasteiger charge is -2.37. The highest BCUT2D eigenvalue weighted by Gasteiger charge is 2.31. The zero-order valence-electron chi connectivity index (χ0n) is 6.00. The quantitative estimate of drug-likeness (QED) is 0.599. The van der Waals surface area contributed by atoms with Gasteiger partial charge in [-0.2, -0.15) is 0 Å². The van der Waals surface area contributed by atoms with Crippen LogP contribution in [0.5, 0.6) is 0 Å². The summed E-state index contributed by atoms with van der Waals surface area (Å²) in [5.74, 6) is 0.604. The van der Waals surface area contributed by atoms with Gasteiger partial charge in [0.15, 0.2) is 0 Å². The van der Waals surface area contributed by atoms with E-state index in [1.54, 1.807) is 0 Å². The van der Waals surface area contributed by atoms with Crippen LogP contribution >= 0.6 is 0 Å². The summed E-state index contributed by atoms with van der Waals surface area (Å²) in [6.45, 7) is 4.46. The zero-order chi connectivity index (χ0) is 6.85. The Labute approximate surface area is 55.8 Å². The number of aliphatic hydroxyl groups excluding tert-OH is 1. The highest BCUT2D eigenvalue weighted by molar-refractivity contribution is 4.78. The summed E-state index contributed by atoms with van der Waals surface area (Å²) in [6, 6.07) is 0. The zero-order valence-corrected chi connectivity index (χ0v) is 6.00. The molecule has 1 unspecified atom stereocenters. The molecule has 1 saturated heterocycles. The Morgan fingerprint density at radius 2 is 2.22 bits per heavy atom. The Hall–Kier alpha value is -0.0800. The molecule has 2 heteroatoms. The molecule has 0 aromatic carbocycles. The van der Waals surface area contributed by atoms with Crippen molar-refractivity contribution in [2.24, 2.45) is 5.92 Å². The second-order valence-corrected chi connectivity index (χ2v) is 2.96. The van der Waals surface area contributed by atoms with Gasteiger partial charge in [0.05, 0.1) is 18.8 Å². The van der Waals surface area contributed by atoms with Gasteiger partial charge in [-0.25, -0.2) is 0 Å². The lowest BCUT2D eigenvalue weighted by molar-refractivity contribution is -0.159. The molecule has 0 bridgehead atoms. The lowest BCUT2D eigenvalue weighted by atomic mass is 9.95. The van der Waals surface area contributed by atoms with Crippen LogP contribution in [0.2, 0.25) is 0 Å². The lowest BCUT2D eigenvalue weighted by Crippen LogP contribution is -2.42. The van der Waals surface area contributed by atoms with Crippen LogP contribution in [0, 0.1) is 5.92 Å². The standard InChI is InChI=1S/C7H14O2/c1-5(2)7-3-6(4-8)9-7/h5-8H,3-4H2,1-2H3/t6-,7?/m0/s1. The molecule has 1 aliphatic rings. The van der Waals surface area contributed by atoms with E-state index in [0.29, 0.717) is 12.0 Å². The molecule has 2 nitrogen and oxygen atoms in total. The molecule has 9 heavy (non-hydrogen) atoms. The molecule has 0 spiro atoms. The van der Waals surface area contributed by atoms with Crippen LogP contribution < -0.4 is 0 Å². The largest absolute Gasteiger partial charge is 0.394 e. The molecule has 0 saturated carbocycles. The maximum atomic E-state index is 8.56. The van der Waals surface area contributed by atoms with E-state index in [0.717, 1.165) is 6.42 Å². The van der Waals surface area contributed by atoms with E-state index < -0.39 is 0 Å². The fraction of sp³-hybridized carbons (Fsp3) is 1.00. The van der Waals surface area contributed by atoms with E-state index in [4.69, 9.17) is 9.84 Å². The van der Waals surface area contributed by atoms with Crippen LogP contribution in [-0.2, 0) is 4.74 Å². The van der Waals surface area contributed by atoms with Crippen LogP contribution in [0.1, 0.15) is 20.3 Å². The van der Waals surface area contributed by atoms with Crippen LogP contribution in [-0.4, -0.2) is 23.9 Å². The fourth-order valence-electron chi connectivity index (χ4n) is 1.04. The molecule has 0 aromatic rings. The monoisotopic (exact) mass is 130 g/mol. The topological polar surface area (TPSA) is 29.5 Å². The number of rotatable bonds is 2. The Balaban J connectivity index is 2.12. The van der Waals surface area contributed by atoms with Gasteiger partial charge < -0.3 is 9.84 Å². The van der Waals surface area contributed by atoms with Gasteiger partial charge in [0.2, 0.25) is 0 Å². The minimum atomic E-state index is 0.136. The number of hydrogen-bond donors (Lipinski definition) is 1. The molecule has 1 rings (SSSR count). The smallest absolute Gasteiger partial charge is 0.0834 e. The van der Waals surface area contributed by atoms with Crippen molar-refractivity contribution in [1.82, 2.24) is 0 Å². The van der Waals surface area contributed by atoms with Crippen LogP contribution in [0.15, 0.2) is 0 Å². The van der Waals surface area contributed by atoms with E-state index in [-0.39, 0.29) is 12.7 Å². The second-order valence-electron chi connectivity index (χ2n) is 2.96. The van der Waals surface area contributed by atoms with Crippen molar-refractivity contribution in [3.05, 3.63) is 0 Å². The van der Waals surface area contributed by atoms with Crippen LogP contribution in [0.25, 0.3) is 0 Å². The summed E-state index contributed by atoms with van der Waals surface area (Å²) in [4.78, 5) is 0. The molecule has 1 aliphatic heterocycles. The van der Waals surface area contributed by atoms with E-state index in [2.05, 4.69) is 13.8 Å². The molecule has 0 radical (unpaired) electrons. The SMILES string of the molecule is CC(C)C1C[C@@H](CO)O1. The third kappa shape index (κ3) is 1.43. The van der Waals surface area contributed by atoms with E-state index in [9.17, 15) is 0 Å². The van der Waals surface area contributed by atoms with Gasteiger partial charge in [0.1, 0.15) is 0 Å². The molecule has 0 aliphatic carbocycles. The predicted octanol–water partition coefficient (Wildman–Crippen LogP) is 0.792. The Kier molecular flexibility index (Phi) is 2.09. The van der Waals surface area contributed by atoms with Gasteiger partial charge in [-0.3, -0.25) is 0 Å². The molecule has 2 atom stereocenters. The Bertz CT molecular complexity index is 84.9. The number of aliphatic hydroxyl groups is 1. The predicted molar refractivity (Wildman–Crippen MR) is 35.2 cm³/mol. The Morgan fingerprint density at radius 1 is 1.67 bits per heavy atom. The number of ether oxygens (including phenoxy) is 1. The summed E-state index contributed by atoms with van der Waals surface area (Å²) in [7, 11) is 0. The summed E-state index contributed by atoms with van der Waals surface area (Å²) in [5, 5.41) is 8.56. The van der Waals surface area contributed by atoms with Crippen molar-refractivity contribution in [2.75, 3.05) is 6.61 Å². The molecule has 1 fully saturated rings. The highest BCUT2D eigenvalue weighted by atomic mass is 16.5. The Morgan fingerprint density at radius 3 is 2.56 bits per heavy atom. The van der Waals surface area contributed by atoms with Crippen LogP contribution in [0.4, 0.5) is 0 Å². The highest BCUT2D eigenvalue weighted by Crippen LogP contribution is 2.25. The molecule has 1 N–H and O–H groups in total. The minimum Gasteiger partial charge on any atom is -0.394 e. The fourth-order valence-corrected chi connectivity index (χ4v) is 1.04. The summed E-state index contributed by atoms with van der Waals surface area (Å²) in [6.07, 6.45) is 1.58. The van der Waals surface area contributed by atoms with Gasteiger partial charge in [-0.15, -0.1) is 0 Å². The van der Waals surface area contributed by atoms with Crippen molar-refractivity contribution in [3.8, 4) is 0 Å². The first-order valence-corrected chi connectivity index (χ1v) is 3.50. The first kappa shape index (κ1) is 7.03. The molecule has 0 aromatic heterocycles. The first-order chi connectivity index (χ1) is 4.24. The van der Waals surface area contributed by atoms with E-state index in [1.165, 1.54) is 0 Å². The summed E-state index contributed by atoms with van der Waals surface area (Å²) < 4.78 is 5.30. The average molecular weight is 130 g/mol. The van der Waals surface area contributed by atoms with E-state index in [1.807, 2.05) is 0 Å². The van der Waals surface area contributed by atoms with Gasteiger partial charge in [0.25, 0.3) is 0 Å². The van der Waals surface area contributed by atoms with Crippen molar-refractivity contribution < 1.29 is 9.84 Å². The van der Waals surface area contributed by atoms with Crippen molar-refractivity contribution in [3.63, 3.8) is 0 Å². The molecule has 0 amide bonds. The number of hydrogen-bond acceptors (Lipinski definition) is 2. The van der Waals surface area contributed by atoms with Gasteiger partial charge in [-0.05, 0) is 5.92 Å². The van der Waals surface area contributed by atoms with Crippen molar-refractivity contribution in [2.45, 2.75) is 32.5 Å². The first-order valence-electron chi connectivity index (χ1n) is 3.50. The average Bonchev–Trinajstić information content (AvgIpc) is 1.61. The van der Waals surface area contributed by atoms with Crippen molar-refractivity contribution in [1.29, 1.82) is 0 Å². The molecule has 54 valence electrons. The summed E-state index contributed by atoms with van der Waals surface area (Å²) >= 11 is 0. The normalized spacial score (nSPS) is 34.7. The molecule has 1 heterocycles. The third-order valence-corrected chi connectivity index (χ3v) is 1.81. The van der Waals surface area contributed by atoms with E-state index >= 15 is 0 Å². The second kappa shape index (κ2) is 2.67. The van der Waals surface area contributed by atoms with Gasteiger partial charge in [0, 0.05) is 6.42 Å². The molecular formula is C7H14O2. The van der Waals surface area contributed by atoms with Crippen LogP contribution in [0.3, 0.4) is 0 Å². The molecular weight excluding hydrogens is 116 g/mol.